The van der Waals surface area contributed by atoms with E-state index in [0.717, 1.165) is 26.7 Å². The zero-order valence-corrected chi connectivity index (χ0v) is 19.3. The lowest BCUT2D eigenvalue weighted by molar-refractivity contribution is -0.137. The first-order chi connectivity index (χ1) is 16.2. The lowest BCUT2D eigenvalue weighted by Crippen LogP contribution is -2.44. The number of hydrogen-bond acceptors (Lipinski definition) is 6. The van der Waals surface area contributed by atoms with E-state index in [0.29, 0.717) is 10.7 Å². The number of nitrogens with zero attached hydrogens (tertiary/aromatic N) is 4. The molecule has 0 aliphatic rings. The van der Waals surface area contributed by atoms with Crippen molar-refractivity contribution in [3.05, 3.63) is 91.8 Å². The predicted molar refractivity (Wildman–Crippen MR) is 130 cm³/mol. The summed E-state index contributed by atoms with van der Waals surface area (Å²) in [6.07, 6.45) is -0.387. The van der Waals surface area contributed by atoms with Crippen molar-refractivity contribution in [2.75, 3.05) is 5.32 Å². The van der Waals surface area contributed by atoms with Crippen molar-refractivity contribution in [2.45, 2.75) is 32.9 Å². The van der Waals surface area contributed by atoms with Gasteiger partial charge < -0.3 is 10.4 Å². The predicted octanol–water partition coefficient (Wildman–Crippen LogP) is 3.74. The summed E-state index contributed by atoms with van der Waals surface area (Å²) in [7, 11) is 0. The molecular weight excluding hydrogens is 458 g/mol. The molecule has 0 radical (unpaired) electrons. The maximum absolute atomic E-state index is 13.4. The minimum Gasteiger partial charge on any atom is -0.481 e. The molecular formula is C24H22ClN5O4. The number of aliphatic carboxylic acids is 1. The molecule has 0 unspecified atom stereocenters. The second-order valence-corrected chi connectivity index (χ2v) is 8.45. The molecule has 174 valence electrons. The Kier molecular flexibility index (Phi) is 6.47. The van der Waals surface area contributed by atoms with E-state index in [2.05, 4.69) is 15.3 Å². The minimum absolute atomic E-state index is 0.0446. The van der Waals surface area contributed by atoms with E-state index in [1.807, 2.05) is 31.2 Å². The summed E-state index contributed by atoms with van der Waals surface area (Å²) < 4.78 is 2.17. The third-order valence-electron chi connectivity index (χ3n) is 5.35. The van der Waals surface area contributed by atoms with Gasteiger partial charge in [-0.05, 0) is 55.8 Å². The lowest BCUT2D eigenvalue weighted by atomic mass is 10.2. The average Bonchev–Trinajstić information content (AvgIpc) is 2.77. The number of nitrogens with one attached hydrogen (secondary N) is 1. The van der Waals surface area contributed by atoms with Crippen LogP contribution in [0.2, 0.25) is 5.02 Å². The quantitative estimate of drug-likeness (QED) is 0.414. The van der Waals surface area contributed by atoms with Gasteiger partial charge >= 0.3 is 17.3 Å². The lowest BCUT2D eigenvalue weighted by Gasteiger charge is -2.18. The number of carboxylic acid groups (broad SMARTS) is 1. The molecule has 4 rings (SSSR count). The van der Waals surface area contributed by atoms with Crippen LogP contribution < -0.4 is 16.7 Å². The fourth-order valence-corrected chi connectivity index (χ4v) is 3.80. The summed E-state index contributed by atoms with van der Waals surface area (Å²) in [5.74, 6) is -1.08. The number of carboxylic acids is 1. The molecule has 0 saturated heterocycles. The molecule has 0 amide bonds. The van der Waals surface area contributed by atoms with Crippen molar-refractivity contribution < 1.29 is 9.90 Å². The SMILES string of the molecule is Cc1ccc2cc(Nc3nc(=O)n([C@@H](C)CC(=O)O)c(=O)n3Cc3ccc(Cl)cc3)ccc2n1. The van der Waals surface area contributed by atoms with E-state index in [1.165, 1.54) is 11.5 Å². The molecule has 2 N–H and O–H groups in total. The normalized spacial score (nSPS) is 12.0. The van der Waals surface area contributed by atoms with Crippen LogP contribution in [0.1, 0.15) is 30.6 Å². The summed E-state index contributed by atoms with van der Waals surface area (Å²) in [6, 6.07) is 15.3. The molecule has 0 aliphatic carbocycles. The highest BCUT2D eigenvalue weighted by Gasteiger charge is 2.20. The van der Waals surface area contributed by atoms with Crippen LogP contribution in [0.15, 0.2) is 64.2 Å². The molecule has 0 saturated carbocycles. The van der Waals surface area contributed by atoms with Gasteiger partial charge in [0.2, 0.25) is 5.95 Å². The highest BCUT2D eigenvalue weighted by Crippen LogP contribution is 2.21. The van der Waals surface area contributed by atoms with E-state index in [-0.39, 0.29) is 18.9 Å². The van der Waals surface area contributed by atoms with Crippen LogP contribution in [-0.4, -0.2) is 30.2 Å². The van der Waals surface area contributed by atoms with Crippen LogP contribution >= 0.6 is 11.6 Å². The Morgan fingerprint density at radius 1 is 1.09 bits per heavy atom. The highest BCUT2D eigenvalue weighted by atomic mass is 35.5. The molecule has 0 fully saturated rings. The molecule has 2 heterocycles. The van der Waals surface area contributed by atoms with Gasteiger partial charge in [0.25, 0.3) is 0 Å². The maximum atomic E-state index is 13.4. The maximum Gasteiger partial charge on any atom is 0.355 e. The van der Waals surface area contributed by atoms with Crippen molar-refractivity contribution in [1.82, 2.24) is 19.1 Å². The Hall–Kier alpha value is -3.98. The number of aromatic nitrogens is 4. The van der Waals surface area contributed by atoms with Crippen molar-refractivity contribution in [2.24, 2.45) is 0 Å². The molecule has 4 aromatic rings. The molecule has 9 nitrogen and oxygen atoms in total. The summed E-state index contributed by atoms with van der Waals surface area (Å²) in [5, 5.41) is 13.6. The topological polar surface area (TPSA) is 119 Å². The monoisotopic (exact) mass is 479 g/mol. The molecule has 1 atom stereocenters. The Labute approximate surface area is 199 Å². The minimum atomic E-state index is -1.12. The van der Waals surface area contributed by atoms with Gasteiger partial charge in [-0.1, -0.05) is 29.8 Å². The number of rotatable bonds is 7. The first-order valence-corrected chi connectivity index (χ1v) is 10.9. The molecule has 0 spiro atoms. The number of benzene rings is 2. The number of halogens is 1. The number of pyridine rings is 1. The van der Waals surface area contributed by atoms with Crippen molar-refractivity contribution in [1.29, 1.82) is 0 Å². The molecule has 34 heavy (non-hydrogen) atoms. The zero-order chi connectivity index (χ0) is 24.4. The average molecular weight is 480 g/mol. The van der Waals surface area contributed by atoms with Crippen LogP contribution in [0.5, 0.6) is 0 Å². The van der Waals surface area contributed by atoms with E-state index >= 15 is 0 Å². The standard InChI is InChI=1S/C24H22ClN5O4/c1-14-3-6-17-12-19(9-10-20(17)26-14)27-22-28-23(33)30(15(2)11-21(31)32)24(34)29(22)13-16-4-7-18(25)8-5-16/h3-10,12,15H,11,13H2,1-2H3,(H,31,32)(H,27,28,33)/t15-/m0/s1. The van der Waals surface area contributed by atoms with Crippen LogP contribution in [0.4, 0.5) is 11.6 Å². The summed E-state index contributed by atoms with van der Waals surface area (Å²) >= 11 is 5.98. The largest absolute Gasteiger partial charge is 0.481 e. The van der Waals surface area contributed by atoms with E-state index < -0.39 is 23.4 Å². The summed E-state index contributed by atoms with van der Waals surface area (Å²) in [4.78, 5) is 45.9. The fourth-order valence-electron chi connectivity index (χ4n) is 3.67. The van der Waals surface area contributed by atoms with Gasteiger partial charge in [-0.15, -0.1) is 0 Å². The summed E-state index contributed by atoms with van der Waals surface area (Å²) in [5.41, 5.74) is 1.59. The first kappa shape index (κ1) is 23.2. The first-order valence-electron chi connectivity index (χ1n) is 10.6. The number of anilines is 2. The zero-order valence-electron chi connectivity index (χ0n) is 18.5. The van der Waals surface area contributed by atoms with Crippen molar-refractivity contribution in [3.8, 4) is 0 Å². The van der Waals surface area contributed by atoms with Crippen molar-refractivity contribution >= 4 is 40.1 Å². The van der Waals surface area contributed by atoms with Gasteiger partial charge in [-0.3, -0.25) is 14.3 Å². The van der Waals surface area contributed by atoms with Gasteiger partial charge in [-0.2, -0.15) is 4.98 Å². The second kappa shape index (κ2) is 9.48. The molecule has 10 heteroatoms. The van der Waals surface area contributed by atoms with Gasteiger partial charge in [0.1, 0.15) is 0 Å². The summed E-state index contributed by atoms with van der Waals surface area (Å²) in [6.45, 7) is 3.50. The smallest absolute Gasteiger partial charge is 0.355 e. The molecule has 2 aromatic carbocycles. The second-order valence-electron chi connectivity index (χ2n) is 8.02. The third kappa shape index (κ3) is 4.99. The number of aryl methyl sites for hydroxylation is 1. The number of fused-ring (bicyclic) bond motifs is 1. The Morgan fingerprint density at radius 2 is 1.82 bits per heavy atom. The van der Waals surface area contributed by atoms with Gasteiger partial charge in [0.05, 0.1) is 24.5 Å². The van der Waals surface area contributed by atoms with Gasteiger partial charge in [0.15, 0.2) is 0 Å². The van der Waals surface area contributed by atoms with E-state index in [9.17, 15) is 14.4 Å². The number of hydrogen-bond donors (Lipinski definition) is 2. The number of carbonyl (C=O) groups is 1. The van der Waals surface area contributed by atoms with Crippen molar-refractivity contribution in [3.63, 3.8) is 0 Å². The van der Waals surface area contributed by atoms with E-state index in [1.54, 1.807) is 30.3 Å². The van der Waals surface area contributed by atoms with Gasteiger partial charge in [-0.25, -0.2) is 14.2 Å². The van der Waals surface area contributed by atoms with Crippen LogP contribution in [-0.2, 0) is 11.3 Å². The highest BCUT2D eigenvalue weighted by molar-refractivity contribution is 6.30. The molecule has 0 bridgehead atoms. The Bertz CT molecular complexity index is 1490. The Morgan fingerprint density at radius 3 is 2.53 bits per heavy atom. The van der Waals surface area contributed by atoms with Crippen LogP contribution in [0, 0.1) is 6.92 Å². The van der Waals surface area contributed by atoms with Crippen LogP contribution in [0.25, 0.3) is 10.9 Å². The third-order valence-corrected chi connectivity index (χ3v) is 5.60. The molecule has 0 aliphatic heterocycles. The van der Waals surface area contributed by atoms with Gasteiger partial charge in [0, 0.05) is 21.8 Å². The van der Waals surface area contributed by atoms with E-state index in [4.69, 9.17) is 16.7 Å². The molecule has 2 aromatic heterocycles. The fraction of sp³-hybridized carbons (Fsp3) is 0.208. The van der Waals surface area contributed by atoms with Crippen LogP contribution in [0.3, 0.4) is 0 Å². The Balaban J connectivity index is 1.80.